The van der Waals surface area contributed by atoms with Crippen molar-refractivity contribution in [1.82, 2.24) is 5.32 Å². The normalized spacial score (nSPS) is 23.6. The fourth-order valence-electron chi connectivity index (χ4n) is 2.08. The molecule has 118 valence electrons. The Bertz CT molecular complexity index is 478. The van der Waals surface area contributed by atoms with E-state index in [1.807, 2.05) is 6.92 Å². The second-order valence-electron chi connectivity index (χ2n) is 4.82. The fraction of sp³-hybridized carbons (Fsp3) is 0.538. The number of nitrogens with one attached hydrogen (secondary N) is 1. The number of benzene rings is 1. The molecule has 0 aliphatic carbocycles. The first-order valence-corrected chi connectivity index (χ1v) is 7.33. The van der Waals surface area contributed by atoms with Crippen molar-refractivity contribution in [3.8, 4) is 0 Å². The highest BCUT2D eigenvalue weighted by atomic mass is 32.2. The van der Waals surface area contributed by atoms with E-state index in [0.717, 1.165) is 18.6 Å². The lowest BCUT2D eigenvalue weighted by molar-refractivity contribution is -0.143. The minimum atomic E-state index is -4.80. The topological polar surface area (TPSA) is 12.0 Å². The van der Waals surface area contributed by atoms with E-state index in [9.17, 15) is 26.3 Å². The minimum Gasteiger partial charge on any atom is -0.298 e. The van der Waals surface area contributed by atoms with Crippen molar-refractivity contribution in [2.24, 2.45) is 0 Å². The Morgan fingerprint density at radius 1 is 1.05 bits per heavy atom. The largest absolute Gasteiger partial charge is 0.416 e. The zero-order chi connectivity index (χ0) is 15.8. The third-order valence-electron chi connectivity index (χ3n) is 3.26. The zero-order valence-electron chi connectivity index (χ0n) is 11.0. The highest BCUT2D eigenvalue weighted by Gasteiger charge is 2.38. The van der Waals surface area contributed by atoms with Gasteiger partial charge >= 0.3 is 12.4 Å². The van der Waals surface area contributed by atoms with Gasteiger partial charge < -0.3 is 0 Å². The van der Waals surface area contributed by atoms with Gasteiger partial charge in [0.1, 0.15) is 0 Å². The molecule has 0 bridgehead atoms. The first kappa shape index (κ1) is 16.5. The van der Waals surface area contributed by atoms with Crippen LogP contribution in [-0.4, -0.2) is 11.8 Å². The van der Waals surface area contributed by atoms with Crippen LogP contribution in [0.25, 0.3) is 0 Å². The number of hydrogen-bond donors (Lipinski definition) is 1. The van der Waals surface area contributed by atoms with Crippen LogP contribution in [0.4, 0.5) is 26.3 Å². The molecule has 0 amide bonds. The van der Waals surface area contributed by atoms with E-state index in [1.165, 1.54) is 11.8 Å². The molecule has 0 saturated carbocycles. The molecule has 1 aliphatic rings. The van der Waals surface area contributed by atoms with E-state index < -0.39 is 28.9 Å². The van der Waals surface area contributed by atoms with E-state index >= 15 is 0 Å². The summed E-state index contributed by atoms with van der Waals surface area (Å²) in [7, 11) is 0. The molecule has 1 aliphatic heterocycles. The smallest absolute Gasteiger partial charge is 0.298 e. The molecule has 1 N–H and O–H groups in total. The summed E-state index contributed by atoms with van der Waals surface area (Å²) < 4.78 is 76.6. The summed E-state index contributed by atoms with van der Waals surface area (Å²) in [5, 5.41) is 2.50. The molecule has 0 aromatic heterocycles. The molecule has 2 unspecified atom stereocenters. The Balaban J connectivity index is 2.41. The van der Waals surface area contributed by atoms with Gasteiger partial charge in [0.25, 0.3) is 0 Å². The van der Waals surface area contributed by atoms with Crippen molar-refractivity contribution < 1.29 is 26.3 Å². The van der Waals surface area contributed by atoms with Crippen LogP contribution >= 0.6 is 11.8 Å². The maximum Gasteiger partial charge on any atom is 0.416 e. The Labute approximate surface area is 122 Å². The third kappa shape index (κ3) is 3.85. The fourth-order valence-corrected chi connectivity index (χ4v) is 3.46. The lowest BCUT2D eigenvalue weighted by Crippen LogP contribution is -2.25. The van der Waals surface area contributed by atoms with Crippen LogP contribution in [0.3, 0.4) is 0 Å². The monoisotopic (exact) mass is 329 g/mol. The number of rotatable bonds is 2. The SMILES string of the molecule is CCC1CSC(c2cc(C(F)(F)F)cc(C(F)(F)F)c2)N1. The Hall–Kier alpha value is -0.890. The molecular formula is C13H13F6NS. The molecule has 1 fully saturated rings. The predicted molar refractivity (Wildman–Crippen MR) is 68.9 cm³/mol. The summed E-state index contributed by atoms with van der Waals surface area (Å²) in [5.41, 5.74) is -2.53. The zero-order valence-corrected chi connectivity index (χ0v) is 11.8. The van der Waals surface area contributed by atoms with Gasteiger partial charge in [-0.25, -0.2) is 0 Å². The molecule has 1 heterocycles. The second kappa shape index (κ2) is 5.72. The number of halogens is 6. The average Bonchev–Trinajstić information content (AvgIpc) is 2.85. The maximum absolute atomic E-state index is 12.8. The van der Waals surface area contributed by atoms with Gasteiger partial charge in [0.05, 0.1) is 16.5 Å². The van der Waals surface area contributed by atoms with Gasteiger partial charge in [-0.1, -0.05) is 6.92 Å². The van der Waals surface area contributed by atoms with E-state index in [2.05, 4.69) is 5.32 Å². The molecule has 0 radical (unpaired) electrons. The summed E-state index contributed by atoms with van der Waals surface area (Å²) in [6.07, 6.45) is -8.83. The van der Waals surface area contributed by atoms with Crippen molar-refractivity contribution in [1.29, 1.82) is 0 Å². The summed E-state index contributed by atoms with van der Waals surface area (Å²) in [5.74, 6) is 0.665. The summed E-state index contributed by atoms with van der Waals surface area (Å²) in [6, 6.07) is 1.83. The summed E-state index contributed by atoms with van der Waals surface area (Å²) in [6.45, 7) is 1.91. The second-order valence-corrected chi connectivity index (χ2v) is 5.96. The van der Waals surface area contributed by atoms with Gasteiger partial charge in [-0.05, 0) is 30.2 Å². The highest BCUT2D eigenvalue weighted by Crippen LogP contribution is 2.41. The molecule has 1 aromatic rings. The van der Waals surface area contributed by atoms with Gasteiger partial charge in [0, 0.05) is 11.8 Å². The lowest BCUT2D eigenvalue weighted by Gasteiger charge is -2.18. The minimum absolute atomic E-state index is 0.0121. The third-order valence-corrected chi connectivity index (χ3v) is 4.59. The van der Waals surface area contributed by atoms with Crippen molar-refractivity contribution in [3.05, 3.63) is 34.9 Å². The maximum atomic E-state index is 12.8. The van der Waals surface area contributed by atoms with Gasteiger partial charge in [0.15, 0.2) is 0 Å². The van der Waals surface area contributed by atoms with Crippen LogP contribution in [0.15, 0.2) is 18.2 Å². The van der Waals surface area contributed by atoms with Crippen LogP contribution < -0.4 is 5.32 Å². The molecule has 2 rings (SSSR count). The molecule has 1 nitrogen and oxygen atoms in total. The standard InChI is InChI=1S/C13H13F6NS/c1-2-10-6-21-11(20-10)7-3-8(12(14,15)16)5-9(4-7)13(17,18)19/h3-5,10-11,20H,2,6H2,1H3. The van der Waals surface area contributed by atoms with Crippen LogP contribution in [0.5, 0.6) is 0 Å². The van der Waals surface area contributed by atoms with E-state index in [-0.39, 0.29) is 17.7 Å². The molecule has 0 spiro atoms. The molecule has 1 saturated heterocycles. The Kier molecular flexibility index (Phi) is 4.49. The predicted octanol–water partition coefficient (Wildman–Crippen LogP) is 4.84. The number of alkyl halides is 6. The molecule has 8 heteroatoms. The Morgan fingerprint density at radius 3 is 1.95 bits per heavy atom. The van der Waals surface area contributed by atoms with E-state index in [0.29, 0.717) is 5.75 Å². The number of hydrogen-bond acceptors (Lipinski definition) is 2. The van der Waals surface area contributed by atoms with Gasteiger partial charge in [-0.15, -0.1) is 11.8 Å². The average molecular weight is 329 g/mol. The molecule has 2 atom stereocenters. The first-order chi connectivity index (χ1) is 9.61. The van der Waals surface area contributed by atoms with Gasteiger partial charge in [0.2, 0.25) is 0 Å². The first-order valence-electron chi connectivity index (χ1n) is 6.28. The van der Waals surface area contributed by atoms with E-state index in [4.69, 9.17) is 0 Å². The molecular weight excluding hydrogens is 316 g/mol. The van der Waals surface area contributed by atoms with Crippen LogP contribution in [-0.2, 0) is 12.4 Å². The Morgan fingerprint density at radius 2 is 1.57 bits per heavy atom. The van der Waals surface area contributed by atoms with Crippen LogP contribution in [0.2, 0.25) is 0 Å². The van der Waals surface area contributed by atoms with Crippen molar-refractivity contribution in [2.45, 2.75) is 37.1 Å². The quantitative estimate of drug-likeness (QED) is 0.780. The highest BCUT2D eigenvalue weighted by molar-refractivity contribution is 7.99. The number of thioether (sulfide) groups is 1. The van der Waals surface area contributed by atoms with E-state index in [1.54, 1.807) is 0 Å². The lowest BCUT2D eigenvalue weighted by atomic mass is 10.0. The van der Waals surface area contributed by atoms with Gasteiger partial charge in [-0.2, -0.15) is 26.3 Å². The summed E-state index contributed by atoms with van der Waals surface area (Å²) in [4.78, 5) is 0. The van der Waals surface area contributed by atoms with Crippen molar-refractivity contribution in [2.75, 3.05) is 5.75 Å². The summed E-state index contributed by atoms with van der Waals surface area (Å²) >= 11 is 1.32. The van der Waals surface area contributed by atoms with Crippen LogP contribution in [0.1, 0.15) is 35.4 Å². The van der Waals surface area contributed by atoms with Crippen LogP contribution in [0, 0.1) is 0 Å². The molecule has 21 heavy (non-hydrogen) atoms. The molecule has 1 aromatic carbocycles. The van der Waals surface area contributed by atoms with Crippen molar-refractivity contribution in [3.63, 3.8) is 0 Å². The van der Waals surface area contributed by atoms with Crippen molar-refractivity contribution >= 4 is 11.8 Å². The van der Waals surface area contributed by atoms with Gasteiger partial charge in [-0.3, -0.25) is 5.32 Å².